The summed E-state index contributed by atoms with van der Waals surface area (Å²) in [6, 6.07) is 29.5. The Labute approximate surface area is 158 Å². The van der Waals surface area contributed by atoms with E-state index in [2.05, 4.69) is 0 Å². The van der Waals surface area contributed by atoms with E-state index in [1.54, 1.807) is 0 Å². The fourth-order valence-electron chi connectivity index (χ4n) is 3.27. The maximum atomic E-state index is 12.6. The van der Waals surface area contributed by atoms with Gasteiger partial charge in [-0.25, -0.2) is 0 Å². The molecule has 0 N–H and O–H groups in total. The average molecular weight is 386 g/mol. The molecule has 0 heterocycles. The third-order valence-corrected chi connectivity index (χ3v) is 8.54. The first-order valence-electron chi connectivity index (χ1n) is 8.90. The third kappa shape index (κ3) is 4.67. The molecule has 27 heavy (non-hydrogen) atoms. The van der Waals surface area contributed by atoms with Crippen LogP contribution in [0.4, 0.5) is 13.2 Å². The molecule has 3 rings (SSSR count). The first-order chi connectivity index (χ1) is 13.0. The largest absolute Gasteiger partial charge is 0.404 e. The highest BCUT2D eigenvalue weighted by molar-refractivity contribution is 7.07. The highest BCUT2D eigenvalue weighted by Gasteiger charge is 2.41. The molecule has 0 aliphatic rings. The normalized spacial score (nSPS) is 12.1. The second-order valence-electron chi connectivity index (χ2n) is 6.35. The molecule has 3 aromatic rings. The highest BCUT2D eigenvalue weighted by Crippen LogP contribution is 2.21. The van der Waals surface area contributed by atoms with Crippen LogP contribution in [0, 0.1) is 0 Å². The minimum Gasteiger partial charge on any atom is -0.404 e. The Hall–Kier alpha value is -2.37. The van der Waals surface area contributed by atoms with Gasteiger partial charge < -0.3 is 4.43 Å². The van der Waals surface area contributed by atoms with Crippen molar-refractivity contribution in [3.8, 4) is 0 Å². The van der Waals surface area contributed by atoms with Gasteiger partial charge in [-0.2, -0.15) is 13.2 Å². The fourth-order valence-corrected chi connectivity index (χ4v) is 7.20. The molecule has 0 unspecified atom stereocenters. The van der Waals surface area contributed by atoms with Gasteiger partial charge in [-0.15, -0.1) is 0 Å². The SMILES string of the molecule is FC(F)(F)CCCO[Si](c1ccccc1)(c1ccccc1)c1ccccc1. The van der Waals surface area contributed by atoms with Crippen molar-refractivity contribution in [3.05, 3.63) is 91.0 Å². The molecule has 0 radical (unpaired) electrons. The molecule has 0 aliphatic heterocycles. The first kappa shape index (κ1) is 19.4. The summed E-state index contributed by atoms with van der Waals surface area (Å²) in [6.45, 7) is 0.0599. The van der Waals surface area contributed by atoms with Gasteiger partial charge in [-0.1, -0.05) is 91.0 Å². The Morgan fingerprint density at radius 1 is 0.630 bits per heavy atom. The van der Waals surface area contributed by atoms with E-state index in [4.69, 9.17) is 4.43 Å². The Balaban J connectivity index is 2.06. The Morgan fingerprint density at radius 2 is 1.00 bits per heavy atom. The molecule has 0 aliphatic carbocycles. The predicted octanol–water partition coefficient (Wildman–Crippen LogP) is 4.01. The van der Waals surface area contributed by atoms with E-state index in [1.807, 2.05) is 91.0 Å². The number of hydrogen-bond acceptors (Lipinski definition) is 1. The molecule has 5 heteroatoms. The van der Waals surface area contributed by atoms with Crippen molar-refractivity contribution in [1.29, 1.82) is 0 Å². The number of rotatable bonds is 7. The van der Waals surface area contributed by atoms with Crippen molar-refractivity contribution in [2.24, 2.45) is 0 Å². The predicted molar refractivity (Wildman–Crippen MR) is 105 cm³/mol. The molecule has 0 fully saturated rings. The van der Waals surface area contributed by atoms with Gasteiger partial charge in [0.2, 0.25) is 0 Å². The molecular formula is C22H21F3OSi. The summed E-state index contributed by atoms with van der Waals surface area (Å²) in [6.07, 6.45) is -5.06. The van der Waals surface area contributed by atoms with Gasteiger partial charge in [0, 0.05) is 13.0 Å². The van der Waals surface area contributed by atoms with Gasteiger partial charge >= 0.3 is 6.18 Å². The van der Waals surface area contributed by atoms with E-state index in [9.17, 15) is 13.2 Å². The van der Waals surface area contributed by atoms with E-state index in [-0.39, 0.29) is 13.0 Å². The van der Waals surface area contributed by atoms with Crippen LogP contribution in [0.5, 0.6) is 0 Å². The summed E-state index contributed by atoms with van der Waals surface area (Å²) in [4.78, 5) is 0. The fraction of sp³-hybridized carbons (Fsp3) is 0.182. The van der Waals surface area contributed by atoms with E-state index < -0.39 is 20.9 Å². The molecule has 0 bridgehead atoms. The lowest BCUT2D eigenvalue weighted by Crippen LogP contribution is -2.69. The minimum absolute atomic E-state index is 0.0508. The molecular weight excluding hydrogens is 365 g/mol. The van der Waals surface area contributed by atoms with Crippen LogP contribution in [0.3, 0.4) is 0 Å². The van der Waals surface area contributed by atoms with Crippen LogP contribution >= 0.6 is 0 Å². The van der Waals surface area contributed by atoms with Crippen LogP contribution in [0.15, 0.2) is 91.0 Å². The molecule has 140 valence electrons. The molecule has 0 saturated carbocycles. The van der Waals surface area contributed by atoms with Crippen molar-refractivity contribution >= 4 is 23.9 Å². The topological polar surface area (TPSA) is 9.23 Å². The second kappa shape index (κ2) is 8.54. The molecule has 0 aromatic heterocycles. The Bertz CT molecular complexity index is 724. The van der Waals surface area contributed by atoms with Gasteiger partial charge in [-0.3, -0.25) is 0 Å². The van der Waals surface area contributed by atoms with Crippen LogP contribution in [0.2, 0.25) is 0 Å². The summed E-state index contributed by atoms with van der Waals surface area (Å²) >= 11 is 0. The van der Waals surface area contributed by atoms with Gasteiger partial charge in [0.1, 0.15) is 0 Å². The number of hydrogen-bond donors (Lipinski definition) is 0. The zero-order valence-corrected chi connectivity index (χ0v) is 15.8. The van der Waals surface area contributed by atoms with Crippen LogP contribution in [0.1, 0.15) is 12.8 Å². The second-order valence-corrected chi connectivity index (χ2v) is 9.73. The Morgan fingerprint density at radius 3 is 1.33 bits per heavy atom. The summed E-state index contributed by atoms with van der Waals surface area (Å²) in [5, 5.41) is 3.07. The monoisotopic (exact) mass is 386 g/mol. The van der Waals surface area contributed by atoms with Gasteiger partial charge in [0.25, 0.3) is 8.32 Å². The van der Waals surface area contributed by atoms with Crippen LogP contribution < -0.4 is 15.6 Å². The lowest BCUT2D eigenvalue weighted by atomic mass is 10.3. The van der Waals surface area contributed by atoms with Crippen molar-refractivity contribution in [1.82, 2.24) is 0 Å². The lowest BCUT2D eigenvalue weighted by molar-refractivity contribution is -0.136. The average Bonchev–Trinajstić information content (AvgIpc) is 2.70. The summed E-state index contributed by atoms with van der Waals surface area (Å²) < 4.78 is 44.2. The molecule has 1 nitrogen and oxygen atoms in total. The van der Waals surface area contributed by atoms with E-state index >= 15 is 0 Å². The van der Waals surface area contributed by atoms with Crippen molar-refractivity contribution in [2.75, 3.05) is 6.61 Å². The first-order valence-corrected chi connectivity index (χ1v) is 10.8. The number of benzene rings is 3. The summed E-state index contributed by atoms with van der Waals surface area (Å²) in [7, 11) is -2.89. The third-order valence-electron chi connectivity index (χ3n) is 4.46. The van der Waals surface area contributed by atoms with Crippen molar-refractivity contribution in [2.45, 2.75) is 19.0 Å². The standard InChI is InChI=1S/C22H21F3OSi/c23-22(24,25)17-10-18-26-27(19-11-4-1-5-12-19,20-13-6-2-7-14-20)21-15-8-3-9-16-21/h1-9,11-16H,10,17-18H2. The van der Waals surface area contributed by atoms with Crippen LogP contribution in [-0.2, 0) is 4.43 Å². The number of halogens is 3. The zero-order chi connectivity index (χ0) is 19.2. The molecule has 3 aromatic carbocycles. The molecule has 0 atom stereocenters. The molecule has 0 amide bonds. The van der Waals surface area contributed by atoms with Gasteiger partial charge in [-0.05, 0) is 22.0 Å². The maximum absolute atomic E-state index is 12.6. The smallest absolute Gasteiger partial charge is 0.389 e. The summed E-state index contributed by atoms with van der Waals surface area (Å²) in [5.41, 5.74) is 0. The van der Waals surface area contributed by atoms with Gasteiger partial charge in [0.15, 0.2) is 0 Å². The van der Waals surface area contributed by atoms with E-state index in [0.717, 1.165) is 15.6 Å². The van der Waals surface area contributed by atoms with Crippen molar-refractivity contribution in [3.63, 3.8) is 0 Å². The van der Waals surface area contributed by atoms with Crippen molar-refractivity contribution < 1.29 is 17.6 Å². The van der Waals surface area contributed by atoms with Crippen LogP contribution in [0.25, 0.3) is 0 Å². The summed E-state index contributed by atoms with van der Waals surface area (Å²) in [5.74, 6) is 0. The van der Waals surface area contributed by atoms with E-state index in [1.165, 1.54) is 0 Å². The quantitative estimate of drug-likeness (QED) is 0.339. The van der Waals surface area contributed by atoms with Gasteiger partial charge in [0.05, 0.1) is 0 Å². The maximum Gasteiger partial charge on any atom is 0.389 e. The zero-order valence-electron chi connectivity index (χ0n) is 14.8. The minimum atomic E-state index is -4.17. The lowest BCUT2D eigenvalue weighted by Gasteiger charge is -2.33. The Kier molecular flexibility index (Phi) is 6.14. The number of alkyl halides is 3. The van der Waals surface area contributed by atoms with Crippen LogP contribution in [-0.4, -0.2) is 21.1 Å². The highest BCUT2D eigenvalue weighted by atomic mass is 28.4. The van der Waals surface area contributed by atoms with E-state index in [0.29, 0.717) is 0 Å². The molecule has 0 spiro atoms. The molecule has 0 saturated heterocycles.